The maximum atomic E-state index is 13.2. The highest BCUT2D eigenvalue weighted by Crippen LogP contribution is 2.34. The largest absolute Gasteiger partial charge is 0.384 e. The summed E-state index contributed by atoms with van der Waals surface area (Å²) < 4.78 is 3.39. The minimum Gasteiger partial charge on any atom is -0.384 e. The van der Waals surface area contributed by atoms with E-state index in [1.165, 1.54) is 19.0 Å². The zero-order valence-electron chi connectivity index (χ0n) is 19.6. The van der Waals surface area contributed by atoms with Crippen LogP contribution < -0.4 is 10.6 Å². The van der Waals surface area contributed by atoms with E-state index in [1.54, 1.807) is 30.8 Å². The van der Waals surface area contributed by atoms with Crippen LogP contribution in [0.1, 0.15) is 74.5 Å². The van der Waals surface area contributed by atoms with Crippen molar-refractivity contribution in [1.82, 2.24) is 24.4 Å². The first-order valence-corrected chi connectivity index (χ1v) is 12.0. The van der Waals surface area contributed by atoms with E-state index < -0.39 is 5.60 Å². The number of hydrogen-bond donors (Lipinski definition) is 3. The summed E-state index contributed by atoms with van der Waals surface area (Å²) in [4.78, 5) is 28.9. The van der Waals surface area contributed by atoms with Crippen LogP contribution in [0.15, 0.2) is 24.7 Å². The van der Waals surface area contributed by atoms with Crippen LogP contribution in [0.3, 0.4) is 0 Å². The highest BCUT2D eigenvalue weighted by Gasteiger charge is 2.30. The van der Waals surface area contributed by atoms with Gasteiger partial charge in [0.1, 0.15) is 29.0 Å². The number of aldehydes is 1. The molecule has 180 valence electrons. The Labute approximate surface area is 197 Å². The van der Waals surface area contributed by atoms with Gasteiger partial charge in [-0.15, -0.1) is 0 Å². The topological polar surface area (TPSA) is 126 Å². The molecule has 3 N–H and O–H groups in total. The van der Waals surface area contributed by atoms with Crippen molar-refractivity contribution in [2.24, 2.45) is 11.8 Å². The van der Waals surface area contributed by atoms with Gasteiger partial charge in [0.05, 0.1) is 17.9 Å². The lowest BCUT2D eigenvalue weighted by Gasteiger charge is -2.25. The molecule has 2 fully saturated rings. The highest BCUT2D eigenvalue weighted by atomic mass is 16.3. The standard InChI is InChI=1S/C24H31N7O3/c1-24(2,34)21-19(13-31(29-21)17-7-5-16(14-32)6-8-17)27-23(33)18-12-26-30-10-9-20(28-22(18)30)25-11-15-3-4-15/h9-10,12-17,34H,3-8,11H2,1-2H3,(H,25,28)(H,27,33). The normalized spacial score (nSPS) is 20.9. The van der Waals surface area contributed by atoms with E-state index in [0.29, 0.717) is 34.3 Å². The number of fused-ring (bicyclic) bond motifs is 1. The SMILES string of the molecule is CC(C)(O)c1nn(C2CCC(C=O)CC2)cc1NC(=O)c1cnn2ccc(NCC3CC3)nc12. The van der Waals surface area contributed by atoms with Gasteiger partial charge in [0.15, 0.2) is 5.65 Å². The van der Waals surface area contributed by atoms with E-state index in [-0.39, 0.29) is 17.9 Å². The first-order chi connectivity index (χ1) is 16.3. The summed E-state index contributed by atoms with van der Waals surface area (Å²) in [6.07, 6.45) is 11.9. The number of nitrogens with zero attached hydrogens (tertiary/aromatic N) is 5. The Bertz CT molecular complexity index is 1200. The number of carbonyl (C=O) groups is 2. The van der Waals surface area contributed by atoms with Crippen LogP contribution in [0.4, 0.5) is 11.5 Å². The second-order valence-corrected chi connectivity index (χ2v) is 10.1. The van der Waals surface area contributed by atoms with E-state index in [2.05, 4.69) is 25.8 Å². The smallest absolute Gasteiger partial charge is 0.261 e. The molecule has 3 aromatic heterocycles. The van der Waals surface area contributed by atoms with Crippen LogP contribution in [-0.4, -0.2) is 48.2 Å². The maximum absolute atomic E-state index is 13.2. The molecule has 3 heterocycles. The summed E-state index contributed by atoms with van der Waals surface area (Å²) in [5.74, 6) is 1.16. The van der Waals surface area contributed by atoms with Crippen LogP contribution in [-0.2, 0) is 10.4 Å². The third-order valence-corrected chi connectivity index (χ3v) is 6.75. The molecule has 3 aromatic rings. The van der Waals surface area contributed by atoms with Crippen molar-refractivity contribution < 1.29 is 14.7 Å². The van der Waals surface area contributed by atoms with Crippen molar-refractivity contribution >= 4 is 29.3 Å². The van der Waals surface area contributed by atoms with Crippen LogP contribution in [0.25, 0.3) is 5.65 Å². The third-order valence-electron chi connectivity index (χ3n) is 6.75. The van der Waals surface area contributed by atoms with Crippen LogP contribution in [0.5, 0.6) is 0 Å². The summed E-state index contributed by atoms with van der Waals surface area (Å²) in [6, 6.07) is 1.97. The van der Waals surface area contributed by atoms with Crippen molar-refractivity contribution in [3.05, 3.63) is 35.9 Å². The molecule has 2 saturated carbocycles. The molecule has 5 rings (SSSR count). The fourth-order valence-electron chi connectivity index (χ4n) is 4.51. The highest BCUT2D eigenvalue weighted by molar-refractivity contribution is 6.08. The van der Waals surface area contributed by atoms with Crippen LogP contribution in [0, 0.1) is 11.8 Å². The number of nitrogens with one attached hydrogen (secondary N) is 2. The molecule has 10 nitrogen and oxygen atoms in total. The van der Waals surface area contributed by atoms with Crippen LogP contribution >= 0.6 is 0 Å². The molecule has 0 aromatic carbocycles. The molecule has 0 radical (unpaired) electrons. The van der Waals surface area contributed by atoms with Gasteiger partial charge >= 0.3 is 0 Å². The molecule has 34 heavy (non-hydrogen) atoms. The lowest BCUT2D eigenvalue weighted by molar-refractivity contribution is -0.112. The number of anilines is 2. The van der Waals surface area contributed by atoms with E-state index in [0.717, 1.165) is 38.5 Å². The minimum absolute atomic E-state index is 0.103. The summed E-state index contributed by atoms with van der Waals surface area (Å²) in [6.45, 7) is 4.17. The molecule has 0 saturated heterocycles. The molecular weight excluding hydrogens is 434 g/mol. The Balaban J connectivity index is 1.38. The molecule has 2 aliphatic rings. The fourth-order valence-corrected chi connectivity index (χ4v) is 4.51. The van der Waals surface area contributed by atoms with E-state index in [9.17, 15) is 14.7 Å². The van der Waals surface area contributed by atoms with E-state index >= 15 is 0 Å². The summed E-state index contributed by atoms with van der Waals surface area (Å²) in [7, 11) is 0. The van der Waals surface area contributed by atoms with Gasteiger partial charge in [-0.2, -0.15) is 10.2 Å². The second-order valence-electron chi connectivity index (χ2n) is 10.1. The van der Waals surface area contributed by atoms with Gasteiger partial charge in [-0.05, 0) is 64.4 Å². The average molecular weight is 466 g/mol. The van der Waals surface area contributed by atoms with Gasteiger partial charge in [0.2, 0.25) is 0 Å². The quantitative estimate of drug-likeness (QED) is 0.436. The summed E-state index contributed by atoms with van der Waals surface area (Å²) in [5.41, 5.74) is 0.415. The monoisotopic (exact) mass is 465 g/mol. The van der Waals surface area contributed by atoms with Gasteiger partial charge in [0.25, 0.3) is 5.91 Å². The van der Waals surface area contributed by atoms with Gasteiger partial charge in [-0.1, -0.05) is 0 Å². The zero-order chi connectivity index (χ0) is 23.9. The molecule has 0 aliphatic heterocycles. The Hall–Kier alpha value is -3.27. The number of rotatable bonds is 8. The van der Waals surface area contributed by atoms with Gasteiger partial charge < -0.3 is 20.5 Å². The average Bonchev–Trinajstić information content (AvgIpc) is 3.39. The van der Waals surface area contributed by atoms with Crippen LogP contribution in [0.2, 0.25) is 0 Å². The number of carbonyl (C=O) groups excluding carboxylic acids is 2. The fraction of sp³-hybridized carbons (Fsp3) is 0.542. The summed E-state index contributed by atoms with van der Waals surface area (Å²) >= 11 is 0. The molecule has 2 aliphatic carbocycles. The predicted molar refractivity (Wildman–Crippen MR) is 127 cm³/mol. The van der Waals surface area contributed by atoms with Crippen molar-refractivity contribution in [2.45, 2.75) is 64.0 Å². The summed E-state index contributed by atoms with van der Waals surface area (Å²) in [5, 5.41) is 25.9. The lowest BCUT2D eigenvalue weighted by Crippen LogP contribution is -2.22. The van der Waals surface area contributed by atoms with E-state index in [1.807, 2.05) is 10.7 Å². The number of aromatic nitrogens is 5. The van der Waals surface area contributed by atoms with Crippen molar-refractivity contribution in [1.29, 1.82) is 0 Å². The minimum atomic E-state index is -1.24. The molecule has 0 bridgehead atoms. The Morgan fingerprint density at radius 3 is 2.68 bits per heavy atom. The molecule has 0 atom stereocenters. The number of aliphatic hydroxyl groups is 1. The van der Waals surface area contributed by atoms with Gasteiger partial charge in [-0.25, -0.2) is 9.50 Å². The van der Waals surface area contributed by atoms with Crippen molar-refractivity contribution in [3.63, 3.8) is 0 Å². The third kappa shape index (κ3) is 4.68. The van der Waals surface area contributed by atoms with Crippen molar-refractivity contribution in [2.75, 3.05) is 17.2 Å². The van der Waals surface area contributed by atoms with E-state index in [4.69, 9.17) is 0 Å². The Morgan fingerprint density at radius 1 is 1.24 bits per heavy atom. The van der Waals surface area contributed by atoms with Gasteiger partial charge in [-0.3, -0.25) is 9.48 Å². The van der Waals surface area contributed by atoms with Crippen molar-refractivity contribution in [3.8, 4) is 0 Å². The second kappa shape index (κ2) is 8.83. The molecular formula is C24H31N7O3. The maximum Gasteiger partial charge on any atom is 0.261 e. The lowest BCUT2D eigenvalue weighted by atomic mass is 9.87. The number of hydrogen-bond acceptors (Lipinski definition) is 7. The molecule has 1 amide bonds. The van der Waals surface area contributed by atoms with Gasteiger partial charge in [0, 0.05) is 24.9 Å². The molecule has 0 spiro atoms. The predicted octanol–water partition coefficient (Wildman–Crippen LogP) is 3.16. The first kappa shape index (κ1) is 22.5. The molecule has 10 heteroatoms. The Kier molecular flexibility index (Phi) is 5.85. The number of amides is 1. The first-order valence-electron chi connectivity index (χ1n) is 12.0. The molecule has 0 unspecified atom stereocenters. The zero-order valence-corrected chi connectivity index (χ0v) is 19.6. The Morgan fingerprint density at radius 2 is 2.00 bits per heavy atom.